The Kier molecular flexibility index (Phi) is 2.59. The summed E-state index contributed by atoms with van der Waals surface area (Å²) in [7, 11) is 0. The van der Waals surface area contributed by atoms with Crippen molar-refractivity contribution >= 4 is 0 Å². The molecule has 84 valence electrons. The lowest BCUT2D eigenvalue weighted by molar-refractivity contribution is 0.138. The largest absolute Gasteiger partial charge is 0.388 e. The van der Waals surface area contributed by atoms with Gasteiger partial charge in [-0.25, -0.2) is 0 Å². The van der Waals surface area contributed by atoms with Crippen LogP contribution in [0.25, 0.3) is 0 Å². The molecule has 2 rings (SSSR count). The van der Waals surface area contributed by atoms with E-state index in [1.807, 2.05) is 10.9 Å². The first-order chi connectivity index (χ1) is 7.04. The third-order valence-corrected chi connectivity index (χ3v) is 3.42. The fraction of sp³-hybridized carbons (Fsp3) is 0.750. The molecule has 3 heteroatoms. The third-order valence-electron chi connectivity index (χ3n) is 3.42. The summed E-state index contributed by atoms with van der Waals surface area (Å²) in [5, 5.41) is 14.4. The van der Waals surface area contributed by atoms with Crippen LogP contribution in [-0.2, 0) is 6.54 Å². The Hall–Kier alpha value is -0.830. The summed E-state index contributed by atoms with van der Waals surface area (Å²) in [5.74, 6) is 0.414. The maximum absolute atomic E-state index is 10.1. The van der Waals surface area contributed by atoms with Crippen molar-refractivity contribution in [2.24, 2.45) is 11.3 Å². The van der Waals surface area contributed by atoms with Gasteiger partial charge >= 0.3 is 0 Å². The number of nitrogens with zero attached hydrogens (tertiary/aromatic N) is 2. The zero-order chi connectivity index (χ0) is 11.1. The van der Waals surface area contributed by atoms with Crippen LogP contribution in [0.1, 0.15) is 45.3 Å². The SMILES string of the molecule is CCCn1cc(C(O)C2CC2(C)C)cn1. The Morgan fingerprint density at radius 1 is 1.67 bits per heavy atom. The molecule has 1 aliphatic rings. The van der Waals surface area contributed by atoms with Gasteiger partial charge in [-0.1, -0.05) is 20.8 Å². The van der Waals surface area contributed by atoms with Crippen LogP contribution in [0.4, 0.5) is 0 Å². The van der Waals surface area contributed by atoms with E-state index in [4.69, 9.17) is 0 Å². The Morgan fingerprint density at radius 2 is 2.33 bits per heavy atom. The van der Waals surface area contributed by atoms with E-state index in [1.165, 1.54) is 0 Å². The molecule has 1 fully saturated rings. The van der Waals surface area contributed by atoms with Gasteiger partial charge in [-0.05, 0) is 24.2 Å². The molecule has 3 nitrogen and oxygen atoms in total. The highest BCUT2D eigenvalue weighted by Gasteiger charge is 2.50. The van der Waals surface area contributed by atoms with Crippen LogP contribution < -0.4 is 0 Å². The minimum atomic E-state index is -0.328. The highest BCUT2D eigenvalue weighted by atomic mass is 16.3. The van der Waals surface area contributed by atoms with Crippen LogP contribution in [0.15, 0.2) is 12.4 Å². The maximum Gasteiger partial charge on any atom is 0.0853 e. The molecule has 0 spiro atoms. The second kappa shape index (κ2) is 3.63. The summed E-state index contributed by atoms with van der Waals surface area (Å²) >= 11 is 0. The van der Waals surface area contributed by atoms with Crippen LogP contribution in [0.2, 0.25) is 0 Å². The average molecular weight is 208 g/mol. The molecule has 2 atom stereocenters. The monoisotopic (exact) mass is 208 g/mol. The van der Waals surface area contributed by atoms with Crippen molar-refractivity contribution < 1.29 is 5.11 Å². The van der Waals surface area contributed by atoms with Gasteiger partial charge in [0.05, 0.1) is 12.3 Å². The van der Waals surface area contributed by atoms with E-state index in [1.54, 1.807) is 6.20 Å². The molecule has 1 aromatic heterocycles. The second-order valence-corrected chi connectivity index (χ2v) is 5.28. The number of hydrogen-bond donors (Lipinski definition) is 1. The summed E-state index contributed by atoms with van der Waals surface area (Å²) in [5.41, 5.74) is 1.28. The Morgan fingerprint density at radius 3 is 2.87 bits per heavy atom. The molecular formula is C12H20N2O. The fourth-order valence-electron chi connectivity index (χ4n) is 2.16. The lowest BCUT2D eigenvalue weighted by Crippen LogP contribution is -2.04. The maximum atomic E-state index is 10.1. The number of aromatic nitrogens is 2. The molecule has 1 aliphatic carbocycles. The van der Waals surface area contributed by atoms with Crippen molar-refractivity contribution in [1.82, 2.24) is 9.78 Å². The molecule has 1 saturated carbocycles. The topological polar surface area (TPSA) is 38.0 Å². The average Bonchev–Trinajstić information content (AvgIpc) is 2.64. The van der Waals surface area contributed by atoms with Gasteiger partial charge in [-0.2, -0.15) is 5.10 Å². The number of aryl methyl sites for hydroxylation is 1. The van der Waals surface area contributed by atoms with E-state index in [0.29, 0.717) is 11.3 Å². The van der Waals surface area contributed by atoms with E-state index < -0.39 is 0 Å². The second-order valence-electron chi connectivity index (χ2n) is 5.28. The lowest BCUT2D eigenvalue weighted by Gasteiger charge is -2.09. The van der Waals surface area contributed by atoms with Crippen molar-refractivity contribution in [3.05, 3.63) is 18.0 Å². The molecule has 0 aliphatic heterocycles. The molecule has 0 saturated heterocycles. The summed E-state index contributed by atoms with van der Waals surface area (Å²) in [6.07, 6.45) is 5.64. The molecule has 0 bridgehead atoms. The van der Waals surface area contributed by atoms with Gasteiger partial charge in [0.15, 0.2) is 0 Å². The predicted octanol–water partition coefficient (Wildman–Crippen LogP) is 2.37. The first-order valence-corrected chi connectivity index (χ1v) is 5.75. The van der Waals surface area contributed by atoms with Gasteiger partial charge in [-0.3, -0.25) is 4.68 Å². The molecule has 1 aromatic rings. The molecule has 15 heavy (non-hydrogen) atoms. The van der Waals surface area contributed by atoms with Gasteiger partial charge in [0.2, 0.25) is 0 Å². The zero-order valence-corrected chi connectivity index (χ0v) is 9.77. The van der Waals surface area contributed by atoms with Crippen LogP contribution >= 0.6 is 0 Å². The van der Waals surface area contributed by atoms with E-state index in [9.17, 15) is 5.11 Å². The normalized spacial score (nSPS) is 25.2. The van der Waals surface area contributed by atoms with Crippen molar-refractivity contribution in [2.45, 2.75) is 46.3 Å². The number of hydrogen-bond acceptors (Lipinski definition) is 2. The summed E-state index contributed by atoms with van der Waals surface area (Å²) in [4.78, 5) is 0. The zero-order valence-electron chi connectivity index (χ0n) is 9.77. The Bertz CT molecular complexity index is 343. The van der Waals surface area contributed by atoms with Crippen LogP contribution in [0, 0.1) is 11.3 Å². The van der Waals surface area contributed by atoms with Gasteiger partial charge in [0.25, 0.3) is 0 Å². The predicted molar refractivity (Wildman–Crippen MR) is 59.4 cm³/mol. The molecule has 0 amide bonds. The Balaban J connectivity index is 2.03. The summed E-state index contributed by atoms with van der Waals surface area (Å²) in [6.45, 7) is 7.47. The van der Waals surface area contributed by atoms with Gasteiger partial charge in [-0.15, -0.1) is 0 Å². The van der Waals surface area contributed by atoms with Crippen molar-refractivity contribution in [1.29, 1.82) is 0 Å². The smallest absolute Gasteiger partial charge is 0.0853 e. The summed E-state index contributed by atoms with van der Waals surface area (Å²) in [6, 6.07) is 0. The minimum absolute atomic E-state index is 0.312. The van der Waals surface area contributed by atoms with Gasteiger partial charge in [0.1, 0.15) is 0 Å². The summed E-state index contributed by atoms with van der Waals surface area (Å²) < 4.78 is 1.91. The molecule has 2 unspecified atom stereocenters. The fourth-order valence-corrected chi connectivity index (χ4v) is 2.16. The molecule has 0 aromatic carbocycles. The van der Waals surface area contributed by atoms with Gasteiger partial charge in [0, 0.05) is 18.3 Å². The van der Waals surface area contributed by atoms with Crippen LogP contribution in [-0.4, -0.2) is 14.9 Å². The number of rotatable bonds is 4. The first-order valence-electron chi connectivity index (χ1n) is 5.75. The van der Waals surface area contributed by atoms with Crippen molar-refractivity contribution in [3.63, 3.8) is 0 Å². The molecule has 1 N–H and O–H groups in total. The van der Waals surface area contributed by atoms with Gasteiger partial charge < -0.3 is 5.11 Å². The highest BCUT2D eigenvalue weighted by Crippen LogP contribution is 2.57. The molecule has 1 heterocycles. The lowest BCUT2D eigenvalue weighted by atomic mass is 10.0. The molecule has 0 radical (unpaired) electrons. The molecular weight excluding hydrogens is 188 g/mol. The van der Waals surface area contributed by atoms with E-state index in [-0.39, 0.29) is 6.10 Å². The van der Waals surface area contributed by atoms with E-state index >= 15 is 0 Å². The Labute approximate surface area is 91.1 Å². The van der Waals surface area contributed by atoms with Crippen LogP contribution in [0.5, 0.6) is 0 Å². The number of aliphatic hydroxyl groups excluding tert-OH is 1. The standard InChI is InChI=1S/C12H20N2O/c1-4-5-14-8-9(7-13-14)11(15)10-6-12(10,2)3/h7-8,10-11,15H,4-6H2,1-3H3. The van der Waals surface area contributed by atoms with E-state index in [0.717, 1.165) is 24.9 Å². The number of aliphatic hydroxyl groups is 1. The first kappa shape index (κ1) is 10.7. The quantitative estimate of drug-likeness (QED) is 0.825. The highest BCUT2D eigenvalue weighted by molar-refractivity contribution is 5.15. The van der Waals surface area contributed by atoms with E-state index in [2.05, 4.69) is 25.9 Å². The van der Waals surface area contributed by atoms with Crippen LogP contribution in [0.3, 0.4) is 0 Å². The van der Waals surface area contributed by atoms with Crippen molar-refractivity contribution in [2.75, 3.05) is 0 Å². The van der Waals surface area contributed by atoms with Crippen molar-refractivity contribution in [3.8, 4) is 0 Å². The third kappa shape index (κ3) is 2.07. The minimum Gasteiger partial charge on any atom is -0.388 e.